The molecule has 0 saturated carbocycles. The predicted molar refractivity (Wildman–Crippen MR) is 70.8 cm³/mol. The molecule has 0 aliphatic heterocycles. The monoisotopic (exact) mass is 267 g/mol. The number of primary amides is 1. The zero-order valence-corrected chi connectivity index (χ0v) is 12.1. The molecule has 0 aliphatic carbocycles. The van der Waals surface area contributed by atoms with Gasteiger partial charge >= 0.3 is 5.97 Å². The Morgan fingerprint density at radius 1 is 1.42 bits per heavy atom. The van der Waals surface area contributed by atoms with Crippen LogP contribution in [0.5, 0.6) is 0 Å². The van der Waals surface area contributed by atoms with E-state index in [0.29, 0.717) is 0 Å². The number of hydrogen-bond donors (Lipinski definition) is 1. The van der Waals surface area contributed by atoms with Gasteiger partial charge in [-0.3, -0.25) is 9.48 Å². The van der Waals surface area contributed by atoms with Crippen LogP contribution in [0.4, 0.5) is 0 Å². The Morgan fingerprint density at radius 2 is 2.00 bits per heavy atom. The second kappa shape index (κ2) is 5.42. The summed E-state index contributed by atoms with van der Waals surface area (Å²) in [6.07, 6.45) is 0. The van der Waals surface area contributed by atoms with Crippen molar-refractivity contribution in [3.05, 3.63) is 17.5 Å². The SMILES string of the molecule is CC(C)c1cc(C(=O)OCC(N)=O)nn1C(C)(C)C. The average molecular weight is 267 g/mol. The van der Waals surface area contributed by atoms with E-state index in [-0.39, 0.29) is 17.2 Å². The van der Waals surface area contributed by atoms with Crippen molar-refractivity contribution in [1.29, 1.82) is 0 Å². The number of esters is 1. The number of hydrogen-bond acceptors (Lipinski definition) is 4. The van der Waals surface area contributed by atoms with Crippen molar-refractivity contribution in [2.24, 2.45) is 5.73 Å². The zero-order chi connectivity index (χ0) is 14.8. The highest BCUT2D eigenvalue weighted by molar-refractivity contribution is 5.89. The van der Waals surface area contributed by atoms with E-state index >= 15 is 0 Å². The number of ether oxygens (including phenoxy) is 1. The summed E-state index contributed by atoms with van der Waals surface area (Å²) in [4.78, 5) is 22.4. The lowest BCUT2D eigenvalue weighted by Gasteiger charge is -2.23. The van der Waals surface area contributed by atoms with Crippen LogP contribution in [-0.4, -0.2) is 28.3 Å². The summed E-state index contributed by atoms with van der Waals surface area (Å²) < 4.78 is 6.57. The van der Waals surface area contributed by atoms with Crippen LogP contribution in [0.15, 0.2) is 6.07 Å². The van der Waals surface area contributed by atoms with Crippen LogP contribution in [-0.2, 0) is 15.1 Å². The summed E-state index contributed by atoms with van der Waals surface area (Å²) in [6, 6.07) is 1.69. The third kappa shape index (κ3) is 3.81. The molecule has 6 nitrogen and oxygen atoms in total. The predicted octanol–water partition coefficient (Wildman–Crippen LogP) is 1.40. The van der Waals surface area contributed by atoms with E-state index in [0.717, 1.165) is 5.69 Å². The molecule has 0 spiro atoms. The molecule has 0 aromatic carbocycles. The summed E-state index contributed by atoms with van der Waals surface area (Å²) in [5.41, 5.74) is 5.83. The highest BCUT2D eigenvalue weighted by Gasteiger charge is 2.24. The summed E-state index contributed by atoms with van der Waals surface area (Å²) in [6.45, 7) is 9.63. The van der Waals surface area contributed by atoms with Gasteiger partial charge in [0.25, 0.3) is 5.91 Å². The Hall–Kier alpha value is -1.85. The summed E-state index contributed by atoms with van der Waals surface area (Å²) >= 11 is 0. The smallest absolute Gasteiger partial charge is 0.359 e. The molecule has 1 amide bonds. The molecule has 1 aromatic heterocycles. The van der Waals surface area contributed by atoms with Crippen molar-refractivity contribution >= 4 is 11.9 Å². The summed E-state index contributed by atoms with van der Waals surface area (Å²) in [5.74, 6) is -1.10. The van der Waals surface area contributed by atoms with Gasteiger partial charge in [-0.2, -0.15) is 5.10 Å². The Labute approximate surface area is 112 Å². The molecule has 0 atom stereocenters. The molecule has 1 heterocycles. The number of rotatable bonds is 4. The van der Waals surface area contributed by atoms with E-state index in [1.165, 1.54) is 0 Å². The maximum atomic E-state index is 11.8. The van der Waals surface area contributed by atoms with Crippen molar-refractivity contribution in [3.8, 4) is 0 Å². The Morgan fingerprint density at radius 3 is 2.37 bits per heavy atom. The lowest BCUT2D eigenvalue weighted by atomic mass is 10.1. The van der Waals surface area contributed by atoms with Gasteiger partial charge in [-0.1, -0.05) is 13.8 Å². The molecule has 0 bridgehead atoms. The zero-order valence-electron chi connectivity index (χ0n) is 12.1. The van der Waals surface area contributed by atoms with E-state index < -0.39 is 18.5 Å². The van der Waals surface area contributed by atoms with Crippen LogP contribution in [0.2, 0.25) is 0 Å². The first-order valence-corrected chi connectivity index (χ1v) is 6.18. The number of carbonyl (C=O) groups excluding carboxylic acids is 2. The maximum Gasteiger partial charge on any atom is 0.359 e. The van der Waals surface area contributed by atoms with Crippen molar-refractivity contribution in [2.45, 2.75) is 46.1 Å². The molecule has 19 heavy (non-hydrogen) atoms. The van der Waals surface area contributed by atoms with Gasteiger partial charge in [-0.15, -0.1) is 0 Å². The topological polar surface area (TPSA) is 87.2 Å². The largest absolute Gasteiger partial charge is 0.451 e. The van der Waals surface area contributed by atoms with Crippen LogP contribution < -0.4 is 5.73 Å². The third-order valence-corrected chi connectivity index (χ3v) is 2.52. The fourth-order valence-electron chi connectivity index (χ4n) is 1.65. The molecular weight excluding hydrogens is 246 g/mol. The van der Waals surface area contributed by atoms with Gasteiger partial charge < -0.3 is 10.5 Å². The number of amides is 1. The normalized spacial score (nSPS) is 11.7. The minimum absolute atomic E-state index is 0.194. The molecular formula is C13H21N3O3. The summed E-state index contributed by atoms with van der Waals surface area (Å²) in [5, 5.41) is 4.27. The molecule has 0 fully saturated rings. The van der Waals surface area contributed by atoms with Gasteiger partial charge in [-0.05, 0) is 32.8 Å². The second-order valence-corrected chi connectivity index (χ2v) is 5.73. The van der Waals surface area contributed by atoms with E-state index in [1.54, 1.807) is 10.7 Å². The van der Waals surface area contributed by atoms with Gasteiger partial charge in [-0.25, -0.2) is 4.79 Å². The van der Waals surface area contributed by atoms with Crippen LogP contribution in [0.1, 0.15) is 56.7 Å². The van der Waals surface area contributed by atoms with Gasteiger partial charge in [0.2, 0.25) is 0 Å². The highest BCUT2D eigenvalue weighted by atomic mass is 16.5. The molecule has 0 unspecified atom stereocenters. The number of nitrogens with zero attached hydrogens (tertiary/aromatic N) is 2. The molecule has 6 heteroatoms. The molecule has 1 rings (SSSR count). The van der Waals surface area contributed by atoms with E-state index in [1.807, 2.05) is 34.6 Å². The Balaban J connectivity index is 3.04. The van der Waals surface area contributed by atoms with Crippen molar-refractivity contribution in [1.82, 2.24) is 9.78 Å². The second-order valence-electron chi connectivity index (χ2n) is 5.73. The molecule has 1 aromatic rings. The lowest BCUT2D eigenvalue weighted by molar-refractivity contribution is -0.121. The van der Waals surface area contributed by atoms with Crippen LogP contribution in [0.25, 0.3) is 0 Å². The number of carbonyl (C=O) groups is 2. The van der Waals surface area contributed by atoms with Gasteiger partial charge in [0.05, 0.1) is 5.54 Å². The van der Waals surface area contributed by atoms with Crippen molar-refractivity contribution in [3.63, 3.8) is 0 Å². The highest BCUT2D eigenvalue weighted by Crippen LogP contribution is 2.23. The lowest BCUT2D eigenvalue weighted by Crippen LogP contribution is -2.26. The Bertz CT molecular complexity index is 484. The standard InChI is InChI=1S/C13H21N3O3/c1-8(2)10-6-9(12(18)19-7-11(14)17)15-16(10)13(3,4)5/h6,8H,7H2,1-5H3,(H2,14,17). The summed E-state index contributed by atoms with van der Waals surface area (Å²) in [7, 11) is 0. The van der Waals surface area contributed by atoms with Gasteiger partial charge in [0.15, 0.2) is 12.3 Å². The first-order valence-electron chi connectivity index (χ1n) is 6.18. The maximum absolute atomic E-state index is 11.8. The van der Waals surface area contributed by atoms with E-state index in [9.17, 15) is 9.59 Å². The van der Waals surface area contributed by atoms with Crippen molar-refractivity contribution in [2.75, 3.05) is 6.61 Å². The molecule has 0 saturated heterocycles. The first kappa shape index (κ1) is 15.2. The molecule has 2 N–H and O–H groups in total. The number of aromatic nitrogens is 2. The number of nitrogens with two attached hydrogens (primary N) is 1. The van der Waals surface area contributed by atoms with E-state index in [2.05, 4.69) is 5.10 Å². The van der Waals surface area contributed by atoms with Gasteiger partial charge in [0.1, 0.15) is 0 Å². The van der Waals surface area contributed by atoms with Gasteiger partial charge in [0, 0.05) is 5.69 Å². The first-order chi connectivity index (χ1) is 8.62. The fraction of sp³-hybridized carbons (Fsp3) is 0.615. The molecule has 0 aliphatic rings. The van der Waals surface area contributed by atoms with Crippen LogP contribution in [0, 0.1) is 0 Å². The minimum Gasteiger partial charge on any atom is -0.451 e. The van der Waals surface area contributed by atoms with E-state index in [4.69, 9.17) is 10.5 Å². The van der Waals surface area contributed by atoms with Crippen LogP contribution in [0.3, 0.4) is 0 Å². The fourth-order valence-corrected chi connectivity index (χ4v) is 1.65. The minimum atomic E-state index is -0.687. The third-order valence-electron chi connectivity index (χ3n) is 2.52. The van der Waals surface area contributed by atoms with Crippen LogP contribution >= 0.6 is 0 Å². The van der Waals surface area contributed by atoms with Crippen molar-refractivity contribution < 1.29 is 14.3 Å². The molecule has 0 radical (unpaired) electrons. The average Bonchev–Trinajstić information content (AvgIpc) is 2.70. The quantitative estimate of drug-likeness (QED) is 0.835. The molecule has 106 valence electrons. The Kier molecular flexibility index (Phi) is 4.34.